The van der Waals surface area contributed by atoms with Gasteiger partial charge in [0.15, 0.2) is 0 Å². The first-order chi connectivity index (χ1) is 4.36. The van der Waals surface area contributed by atoms with Gasteiger partial charge in [0.2, 0.25) is 0 Å². The fourth-order valence-electron chi connectivity index (χ4n) is 2.03. The van der Waals surface area contributed by atoms with E-state index in [-0.39, 0.29) is 0 Å². The molecule has 1 nitrogen and oxygen atoms in total. The molecule has 2 aliphatic rings. The van der Waals surface area contributed by atoms with Gasteiger partial charge in [-0.1, -0.05) is 0 Å². The molecule has 1 aliphatic carbocycles. The standard InChI is InChI=1S/C7H12FN/c8-7-2-5-1-6(7)4-9-3-5/h5-7,9H,1-4H2. The molecule has 3 atom stereocenters. The summed E-state index contributed by atoms with van der Waals surface area (Å²) in [7, 11) is 0. The lowest BCUT2D eigenvalue weighted by molar-refractivity contribution is 0.259. The van der Waals surface area contributed by atoms with Crippen molar-refractivity contribution in [2.24, 2.45) is 11.8 Å². The molecule has 1 saturated heterocycles. The Morgan fingerprint density at radius 2 is 2.11 bits per heavy atom. The summed E-state index contributed by atoms with van der Waals surface area (Å²) in [6.07, 6.45) is 1.45. The lowest BCUT2D eigenvalue weighted by Gasteiger charge is -2.18. The summed E-state index contributed by atoms with van der Waals surface area (Å²) >= 11 is 0. The van der Waals surface area contributed by atoms with Crippen LogP contribution >= 0.6 is 0 Å². The van der Waals surface area contributed by atoms with Crippen LogP contribution in [0.4, 0.5) is 4.39 Å². The minimum Gasteiger partial charge on any atom is -0.316 e. The highest BCUT2D eigenvalue weighted by Gasteiger charge is 2.36. The topological polar surface area (TPSA) is 12.0 Å². The second-order valence-corrected chi connectivity index (χ2v) is 3.27. The van der Waals surface area contributed by atoms with E-state index in [0.29, 0.717) is 11.8 Å². The van der Waals surface area contributed by atoms with Gasteiger partial charge < -0.3 is 5.32 Å². The maximum absolute atomic E-state index is 12.8. The molecular formula is C7H12FN. The Bertz CT molecular complexity index is 113. The predicted molar refractivity (Wildman–Crippen MR) is 34.0 cm³/mol. The van der Waals surface area contributed by atoms with Crippen molar-refractivity contribution >= 4 is 0 Å². The molecule has 2 bridgehead atoms. The molecular weight excluding hydrogens is 117 g/mol. The average Bonchev–Trinajstić information content (AvgIpc) is 2.09. The second kappa shape index (κ2) is 1.94. The number of alkyl halides is 1. The van der Waals surface area contributed by atoms with Crippen molar-refractivity contribution in [1.82, 2.24) is 5.32 Å². The third kappa shape index (κ3) is 0.855. The quantitative estimate of drug-likeness (QED) is 0.513. The lowest BCUT2D eigenvalue weighted by atomic mass is 10.0. The fourth-order valence-corrected chi connectivity index (χ4v) is 2.03. The van der Waals surface area contributed by atoms with Crippen LogP contribution in [0.3, 0.4) is 0 Å². The van der Waals surface area contributed by atoms with Crippen LogP contribution in [0.1, 0.15) is 12.8 Å². The van der Waals surface area contributed by atoms with Crippen LogP contribution in [0.15, 0.2) is 0 Å². The van der Waals surface area contributed by atoms with E-state index in [1.54, 1.807) is 0 Å². The molecule has 1 aliphatic heterocycles. The fraction of sp³-hybridized carbons (Fsp3) is 1.00. The molecule has 0 aromatic heterocycles. The van der Waals surface area contributed by atoms with E-state index < -0.39 is 6.17 Å². The monoisotopic (exact) mass is 129 g/mol. The first kappa shape index (κ1) is 5.66. The van der Waals surface area contributed by atoms with Crippen LogP contribution in [0.2, 0.25) is 0 Å². The molecule has 0 aromatic rings. The minimum atomic E-state index is -0.495. The van der Waals surface area contributed by atoms with Gasteiger partial charge >= 0.3 is 0 Å². The van der Waals surface area contributed by atoms with E-state index in [2.05, 4.69) is 5.32 Å². The smallest absolute Gasteiger partial charge is 0.104 e. The number of fused-ring (bicyclic) bond motifs is 2. The van der Waals surface area contributed by atoms with E-state index in [9.17, 15) is 4.39 Å². The Hall–Kier alpha value is -0.110. The van der Waals surface area contributed by atoms with Gasteiger partial charge in [-0.05, 0) is 25.3 Å². The molecule has 9 heavy (non-hydrogen) atoms. The zero-order valence-electron chi connectivity index (χ0n) is 5.44. The summed E-state index contributed by atoms with van der Waals surface area (Å²) in [4.78, 5) is 0. The molecule has 0 amide bonds. The van der Waals surface area contributed by atoms with E-state index in [0.717, 1.165) is 25.9 Å². The molecule has 0 spiro atoms. The Morgan fingerprint density at radius 3 is 2.78 bits per heavy atom. The summed E-state index contributed by atoms with van der Waals surface area (Å²) in [5.41, 5.74) is 0. The molecule has 3 unspecified atom stereocenters. The molecule has 1 N–H and O–H groups in total. The molecule has 0 aromatic carbocycles. The highest BCUT2D eigenvalue weighted by molar-refractivity contribution is 4.89. The molecule has 0 radical (unpaired) electrons. The second-order valence-electron chi connectivity index (χ2n) is 3.27. The van der Waals surface area contributed by atoms with Crippen molar-refractivity contribution in [3.05, 3.63) is 0 Å². The molecule has 1 heterocycles. The van der Waals surface area contributed by atoms with Gasteiger partial charge in [0.1, 0.15) is 6.17 Å². The van der Waals surface area contributed by atoms with Gasteiger partial charge in [0, 0.05) is 12.5 Å². The Kier molecular flexibility index (Phi) is 1.22. The van der Waals surface area contributed by atoms with E-state index in [4.69, 9.17) is 0 Å². The Morgan fingerprint density at radius 1 is 1.22 bits per heavy atom. The third-order valence-electron chi connectivity index (χ3n) is 2.55. The molecule has 2 fully saturated rings. The van der Waals surface area contributed by atoms with Crippen LogP contribution < -0.4 is 5.32 Å². The van der Waals surface area contributed by atoms with Gasteiger partial charge in [0.25, 0.3) is 0 Å². The largest absolute Gasteiger partial charge is 0.316 e. The molecule has 2 rings (SSSR count). The van der Waals surface area contributed by atoms with Crippen LogP contribution in [0.5, 0.6) is 0 Å². The zero-order valence-corrected chi connectivity index (χ0v) is 5.44. The summed E-state index contributed by atoms with van der Waals surface area (Å²) in [5, 5.41) is 3.24. The Labute approximate surface area is 54.6 Å². The normalized spacial score (nSPS) is 49.7. The van der Waals surface area contributed by atoms with Gasteiger partial charge in [-0.2, -0.15) is 0 Å². The number of halogens is 1. The number of nitrogens with one attached hydrogen (secondary N) is 1. The predicted octanol–water partition coefficient (Wildman–Crippen LogP) is 0.954. The van der Waals surface area contributed by atoms with Gasteiger partial charge in [-0.15, -0.1) is 0 Å². The zero-order chi connectivity index (χ0) is 6.27. The first-order valence-electron chi connectivity index (χ1n) is 3.71. The average molecular weight is 129 g/mol. The van der Waals surface area contributed by atoms with E-state index in [1.165, 1.54) is 0 Å². The summed E-state index contributed by atoms with van der Waals surface area (Å²) in [6, 6.07) is 0. The summed E-state index contributed by atoms with van der Waals surface area (Å²) in [5.74, 6) is 1.00. The van der Waals surface area contributed by atoms with Crippen LogP contribution in [0, 0.1) is 11.8 Å². The highest BCUT2D eigenvalue weighted by atomic mass is 19.1. The van der Waals surface area contributed by atoms with Crippen molar-refractivity contribution in [2.75, 3.05) is 13.1 Å². The van der Waals surface area contributed by atoms with Gasteiger partial charge in [-0.25, -0.2) is 4.39 Å². The van der Waals surface area contributed by atoms with Crippen LogP contribution in [0.25, 0.3) is 0 Å². The van der Waals surface area contributed by atoms with Crippen molar-refractivity contribution in [2.45, 2.75) is 19.0 Å². The van der Waals surface area contributed by atoms with Crippen LogP contribution in [-0.2, 0) is 0 Å². The molecule has 52 valence electrons. The van der Waals surface area contributed by atoms with Crippen molar-refractivity contribution < 1.29 is 4.39 Å². The minimum absolute atomic E-state index is 0.351. The van der Waals surface area contributed by atoms with Crippen molar-refractivity contribution in [3.8, 4) is 0 Å². The van der Waals surface area contributed by atoms with Gasteiger partial charge in [-0.3, -0.25) is 0 Å². The third-order valence-corrected chi connectivity index (χ3v) is 2.55. The number of hydrogen-bond acceptors (Lipinski definition) is 1. The lowest BCUT2D eigenvalue weighted by Crippen LogP contribution is -2.31. The number of hydrogen-bond donors (Lipinski definition) is 1. The highest BCUT2D eigenvalue weighted by Crippen LogP contribution is 2.35. The number of rotatable bonds is 0. The van der Waals surface area contributed by atoms with E-state index >= 15 is 0 Å². The Balaban J connectivity index is 2.07. The molecule has 1 saturated carbocycles. The maximum atomic E-state index is 12.8. The van der Waals surface area contributed by atoms with Crippen molar-refractivity contribution in [1.29, 1.82) is 0 Å². The summed E-state index contributed by atoms with van der Waals surface area (Å²) < 4.78 is 12.8. The molecule has 2 heteroatoms. The maximum Gasteiger partial charge on any atom is 0.104 e. The van der Waals surface area contributed by atoms with E-state index in [1.807, 2.05) is 0 Å². The first-order valence-corrected chi connectivity index (χ1v) is 3.71. The SMILES string of the molecule is FC1CC2CNCC1C2. The van der Waals surface area contributed by atoms with Gasteiger partial charge in [0.05, 0.1) is 0 Å². The summed E-state index contributed by atoms with van der Waals surface area (Å²) in [6.45, 7) is 1.97. The number of piperidine rings is 1. The van der Waals surface area contributed by atoms with Crippen molar-refractivity contribution in [3.63, 3.8) is 0 Å². The van der Waals surface area contributed by atoms with Crippen LogP contribution in [-0.4, -0.2) is 19.3 Å².